The SMILES string of the molecule is COC(CC1(C)OC1CC=C(C)C)C(C)CCCCO. The van der Waals surface area contributed by atoms with Crippen molar-refractivity contribution in [3.05, 3.63) is 11.6 Å². The van der Waals surface area contributed by atoms with Gasteiger partial charge in [-0.25, -0.2) is 0 Å². The largest absolute Gasteiger partial charge is 0.396 e. The van der Waals surface area contributed by atoms with Gasteiger partial charge in [0.15, 0.2) is 0 Å². The molecule has 3 nitrogen and oxygen atoms in total. The van der Waals surface area contributed by atoms with Gasteiger partial charge in [0, 0.05) is 20.1 Å². The van der Waals surface area contributed by atoms with E-state index < -0.39 is 0 Å². The number of methoxy groups -OCH3 is 1. The molecule has 0 aromatic heterocycles. The van der Waals surface area contributed by atoms with Gasteiger partial charge in [0.25, 0.3) is 0 Å². The molecule has 1 aliphatic rings. The Morgan fingerprint density at radius 3 is 2.65 bits per heavy atom. The number of allylic oxidation sites excluding steroid dienone is 1. The number of aliphatic hydroxyl groups excluding tert-OH is 1. The molecule has 3 heteroatoms. The van der Waals surface area contributed by atoms with E-state index in [4.69, 9.17) is 14.6 Å². The second-order valence-electron chi connectivity index (χ2n) is 6.61. The van der Waals surface area contributed by atoms with Crippen molar-refractivity contribution in [1.29, 1.82) is 0 Å². The van der Waals surface area contributed by atoms with E-state index >= 15 is 0 Å². The third-order valence-electron chi connectivity index (χ3n) is 4.39. The highest BCUT2D eigenvalue weighted by molar-refractivity contribution is 5.06. The van der Waals surface area contributed by atoms with E-state index in [1.165, 1.54) is 5.57 Å². The van der Waals surface area contributed by atoms with E-state index in [0.29, 0.717) is 12.0 Å². The van der Waals surface area contributed by atoms with Crippen LogP contribution in [0.15, 0.2) is 11.6 Å². The topological polar surface area (TPSA) is 42.0 Å². The zero-order valence-corrected chi connectivity index (χ0v) is 13.8. The third-order valence-corrected chi connectivity index (χ3v) is 4.39. The minimum Gasteiger partial charge on any atom is -0.396 e. The van der Waals surface area contributed by atoms with Crippen LogP contribution in [-0.4, -0.2) is 36.6 Å². The Morgan fingerprint density at radius 2 is 2.10 bits per heavy atom. The smallest absolute Gasteiger partial charge is 0.0948 e. The van der Waals surface area contributed by atoms with Crippen molar-refractivity contribution in [3.8, 4) is 0 Å². The van der Waals surface area contributed by atoms with Crippen molar-refractivity contribution in [1.82, 2.24) is 0 Å². The number of hydrogen-bond acceptors (Lipinski definition) is 3. The van der Waals surface area contributed by atoms with Gasteiger partial charge in [-0.15, -0.1) is 0 Å². The van der Waals surface area contributed by atoms with Crippen LogP contribution in [-0.2, 0) is 9.47 Å². The fraction of sp³-hybridized carbons (Fsp3) is 0.882. The molecule has 1 heterocycles. The first-order valence-electron chi connectivity index (χ1n) is 7.87. The first-order chi connectivity index (χ1) is 9.42. The molecule has 0 radical (unpaired) electrons. The number of ether oxygens (including phenoxy) is 2. The molecule has 0 aromatic rings. The van der Waals surface area contributed by atoms with Crippen LogP contribution in [0, 0.1) is 5.92 Å². The van der Waals surface area contributed by atoms with Crippen molar-refractivity contribution >= 4 is 0 Å². The summed E-state index contributed by atoms with van der Waals surface area (Å²) >= 11 is 0. The summed E-state index contributed by atoms with van der Waals surface area (Å²) in [6.45, 7) is 8.98. The van der Waals surface area contributed by atoms with E-state index in [9.17, 15) is 0 Å². The Balaban J connectivity index is 2.38. The van der Waals surface area contributed by atoms with Crippen molar-refractivity contribution in [2.24, 2.45) is 5.92 Å². The summed E-state index contributed by atoms with van der Waals surface area (Å²) in [4.78, 5) is 0. The molecule has 0 bridgehead atoms. The molecule has 1 rings (SSSR count). The quantitative estimate of drug-likeness (QED) is 0.378. The lowest BCUT2D eigenvalue weighted by molar-refractivity contribution is 0.0302. The molecule has 1 aliphatic heterocycles. The molecule has 0 amide bonds. The molecule has 4 atom stereocenters. The lowest BCUT2D eigenvalue weighted by atomic mass is 9.89. The maximum absolute atomic E-state index is 8.85. The fourth-order valence-corrected chi connectivity index (χ4v) is 2.79. The Hall–Kier alpha value is -0.380. The first-order valence-corrected chi connectivity index (χ1v) is 7.87. The average Bonchev–Trinajstić information content (AvgIpc) is 3.04. The Labute approximate surface area is 124 Å². The first kappa shape index (κ1) is 17.7. The molecule has 0 aliphatic carbocycles. The molecule has 1 fully saturated rings. The number of unbranched alkanes of at least 4 members (excludes halogenated alkanes) is 1. The van der Waals surface area contributed by atoms with E-state index in [1.54, 1.807) is 7.11 Å². The summed E-state index contributed by atoms with van der Waals surface area (Å²) in [7, 11) is 1.80. The van der Waals surface area contributed by atoms with Crippen molar-refractivity contribution in [2.45, 2.75) is 77.6 Å². The third kappa shape index (κ3) is 5.55. The van der Waals surface area contributed by atoms with Gasteiger partial charge in [0.1, 0.15) is 0 Å². The molecular formula is C17H32O3. The highest BCUT2D eigenvalue weighted by Gasteiger charge is 2.52. The zero-order chi connectivity index (χ0) is 15.2. The average molecular weight is 284 g/mol. The summed E-state index contributed by atoms with van der Waals surface area (Å²) in [6.07, 6.45) is 7.87. The molecule has 4 unspecified atom stereocenters. The van der Waals surface area contributed by atoms with Crippen LogP contribution in [0.5, 0.6) is 0 Å². The highest BCUT2D eigenvalue weighted by Crippen LogP contribution is 2.44. The molecule has 118 valence electrons. The van der Waals surface area contributed by atoms with Gasteiger partial charge < -0.3 is 14.6 Å². The monoisotopic (exact) mass is 284 g/mol. The molecule has 20 heavy (non-hydrogen) atoms. The van der Waals surface area contributed by atoms with Crippen molar-refractivity contribution in [2.75, 3.05) is 13.7 Å². The maximum Gasteiger partial charge on any atom is 0.0948 e. The minimum atomic E-state index is -0.0160. The molecular weight excluding hydrogens is 252 g/mol. The van der Waals surface area contributed by atoms with Crippen molar-refractivity contribution in [3.63, 3.8) is 0 Å². The number of rotatable bonds is 10. The van der Waals surface area contributed by atoms with Gasteiger partial charge in [-0.2, -0.15) is 0 Å². The Kier molecular flexibility index (Phi) is 7.21. The van der Waals surface area contributed by atoms with Gasteiger partial charge in [0.2, 0.25) is 0 Å². The van der Waals surface area contributed by atoms with Crippen LogP contribution in [0.2, 0.25) is 0 Å². The Bertz CT molecular complexity index is 309. The molecule has 0 saturated carbocycles. The summed E-state index contributed by atoms with van der Waals surface area (Å²) in [5.41, 5.74) is 1.33. The minimum absolute atomic E-state index is 0.0160. The number of epoxide rings is 1. The van der Waals surface area contributed by atoms with Gasteiger partial charge in [-0.1, -0.05) is 25.0 Å². The summed E-state index contributed by atoms with van der Waals surface area (Å²) < 4.78 is 11.6. The van der Waals surface area contributed by atoms with E-state index in [2.05, 4.69) is 33.8 Å². The van der Waals surface area contributed by atoms with E-state index in [1.807, 2.05) is 0 Å². The van der Waals surface area contributed by atoms with Crippen LogP contribution in [0.4, 0.5) is 0 Å². The lowest BCUT2D eigenvalue weighted by Gasteiger charge is -2.24. The van der Waals surface area contributed by atoms with Crippen LogP contribution in [0.25, 0.3) is 0 Å². The second-order valence-corrected chi connectivity index (χ2v) is 6.61. The predicted octanol–water partition coefficient (Wildman–Crippen LogP) is 3.70. The molecule has 1 saturated heterocycles. The lowest BCUT2D eigenvalue weighted by Crippen LogP contribution is -2.28. The van der Waals surface area contributed by atoms with Crippen molar-refractivity contribution < 1.29 is 14.6 Å². The standard InChI is InChI=1S/C17H32O3/c1-13(2)9-10-16-17(4,20-16)12-15(19-5)14(3)8-6-7-11-18/h9,14-16,18H,6-8,10-12H2,1-5H3. The molecule has 0 aromatic carbocycles. The van der Waals surface area contributed by atoms with Gasteiger partial charge >= 0.3 is 0 Å². The summed E-state index contributed by atoms with van der Waals surface area (Å²) in [5, 5.41) is 8.85. The Morgan fingerprint density at radius 1 is 1.40 bits per heavy atom. The van der Waals surface area contributed by atoms with Crippen LogP contribution < -0.4 is 0 Å². The fourth-order valence-electron chi connectivity index (χ4n) is 2.79. The number of hydrogen-bond donors (Lipinski definition) is 1. The molecule has 1 N–H and O–H groups in total. The van der Waals surface area contributed by atoms with E-state index in [-0.39, 0.29) is 18.3 Å². The zero-order valence-electron chi connectivity index (χ0n) is 13.8. The van der Waals surface area contributed by atoms with Crippen LogP contribution in [0.3, 0.4) is 0 Å². The highest BCUT2D eigenvalue weighted by atomic mass is 16.6. The second kappa shape index (κ2) is 8.16. The summed E-state index contributed by atoms with van der Waals surface area (Å²) in [6, 6.07) is 0. The van der Waals surface area contributed by atoms with Gasteiger partial charge in [0.05, 0.1) is 17.8 Å². The maximum atomic E-state index is 8.85. The summed E-state index contributed by atoms with van der Waals surface area (Å²) in [5.74, 6) is 0.511. The van der Waals surface area contributed by atoms with Gasteiger partial charge in [-0.05, 0) is 46.0 Å². The van der Waals surface area contributed by atoms with Crippen LogP contribution in [0.1, 0.15) is 59.8 Å². The van der Waals surface area contributed by atoms with E-state index in [0.717, 1.165) is 32.1 Å². The predicted molar refractivity (Wildman–Crippen MR) is 82.8 cm³/mol. The number of aliphatic hydroxyl groups is 1. The molecule has 0 spiro atoms. The normalized spacial score (nSPS) is 28.0. The van der Waals surface area contributed by atoms with Crippen LogP contribution >= 0.6 is 0 Å². The van der Waals surface area contributed by atoms with Gasteiger partial charge in [-0.3, -0.25) is 0 Å².